The third-order valence-electron chi connectivity index (χ3n) is 5.35. The van der Waals surface area contributed by atoms with Crippen LogP contribution < -0.4 is 11.1 Å². The zero-order valence-electron chi connectivity index (χ0n) is 17.0. The molecule has 0 aromatic heterocycles. The molecule has 1 aromatic carbocycles. The van der Waals surface area contributed by atoms with E-state index in [1.807, 2.05) is 58.0 Å². The summed E-state index contributed by atoms with van der Waals surface area (Å²) in [5.74, 6) is 0.162. The SMILES string of the molecule is CC(C)C[C@H](NC(=O)[C@@H]([NH3+])Cc1ccccc1)B1OC(C)(C)C(C)(C)O1. The fourth-order valence-corrected chi connectivity index (χ4v) is 3.09. The van der Waals surface area contributed by atoms with Gasteiger partial charge in [0, 0.05) is 6.42 Å². The Morgan fingerprint density at radius 2 is 1.65 bits per heavy atom. The summed E-state index contributed by atoms with van der Waals surface area (Å²) >= 11 is 0. The summed E-state index contributed by atoms with van der Waals surface area (Å²) in [5, 5.41) is 3.13. The van der Waals surface area contributed by atoms with Crippen molar-refractivity contribution in [3.8, 4) is 0 Å². The second kappa shape index (κ2) is 8.11. The Morgan fingerprint density at radius 3 is 2.15 bits per heavy atom. The number of carbonyl (C=O) groups is 1. The molecule has 0 saturated carbocycles. The zero-order chi connectivity index (χ0) is 19.5. The minimum Gasteiger partial charge on any atom is -0.402 e. The van der Waals surface area contributed by atoms with Crippen molar-refractivity contribution in [2.24, 2.45) is 5.92 Å². The molecule has 5 nitrogen and oxygen atoms in total. The van der Waals surface area contributed by atoms with Crippen LogP contribution >= 0.6 is 0 Å². The van der Waals surface area contributed by atoms with Crippen LogP contribution in [0.2, 0.25) is 0 Å². The highest BCUT2D eigenvalue weighted by atomic mass is 16.7. The summed E-state index contributed by atoms with van der Waals surface area (Å²) in [4.78, 5) is 12.7. The van der Waals surface area contributed by atoms with Crippen molar-refractivity contribution in [1.82, 2.24) is 5.32 Å². The molecule has 26 heavy (non-hydrogen) atoms. The Bertz CT molecular complexity index is 588. The van der Waals surface area contributed by atoms with E-state index in [0.717, 1.165) is 12.0 Å². The first-order valence-electron chi connectivity index (χ1n) is 9.55. The first kappa shape index (κ1) is 20.9. The van der Waals surface area contributed by atoms with Gasteiger partial charge in [0.2, 0.25) is 0 Å². The summed E-state index contributed by atoms with van der Waals surface area (Å²) in [5.41, 5.74) is 4.34. The normalized spacial score (nSPS) is 20.8. The van der Waals surface area contributed by atoms with Gasteiger partial charge >= 0.3 is 7.12 Å². The van der Waals surface area contributed by atoms with Crippen molar-refractivity contribution in [2.75, 3.05) is 0 Å². The summed E-state index contributed by atoms with van der Waals surface area (Å²) in [6.07, 6.45) is 1.41. The maximum atomic E-state index is 12.7. The van der Waals surface area contributed by atoms with E-state index in [0.29, 0.717) is 12.3 Å². The van der Waals surface area contributed by atoms with Crippen molar-refractivity contribution in [3.05, 3.63) is 35.9 Å². The van der Waals surface area contributed by atoms with Gasteiger partial charge in [-0.3, -0.25) is 4.79 Å². The quantitative estimate of drug-likeness (QED) is 0.730. The van der Waals surface area contributed by atoms with Crippen LogP contribution in [0, 0.1) is 5.92 Å². The minimum atomic E-state index is -0.449. The molecular formula is C20H34BN2O3+. The molecule has 1 fully saturated rings. The third kappa shape index (κ3) is 5.09. The molecular weight excluding hydrogens is 327 g/mol. The smallest absolute Gasteiger partial charge is 0.402 e. The van der Waals surface area contributed by atoms with Crippen molar-refractivity contribution in [1.29, 1.82) is 0 Å². The van der Waals surface area contributed by atoms with E-state index in [4.69, 9.17) is 9.31 Å². The standard InChI is InChI=1S/C20H33BN2O3/c1-14(2)12-17(21-25-19(3,4)20(5,6)26-21)23-18(24)16(22)13-15-10-8-7-9-11-15/h7-11,14,16-17H,12-13,22H2,1-6H3,(H,23,24)/p+1/t16-,17-/m0/s1. The lowest BCUT2D eigenvalue weighted by Gasteiger charge is -2.32. The first-order chi connectivity index (χ1) is 12.0. The van der Waals surface area contributed by atoms with Gasteiger partial charge in [-0.2, -0.15) is 0 Å². The lowest BCUT2D eigenvalue weighted by molar-refractivity contribution is -0.403. The molecule has 2 atom stereocenters. The third-order valence-corrected chi connectivity index (χ3v) is 5.35. The van der Waals surface area contributed by atoms with Crippen LogP contribution in [0.4, 0.5) is 0 Å². The molecule has 1 heterocycles. The second-order valence-corrected chi connectivity index (χ2v) is 8.76. The second-order valence-electron chi connectivity index (χ2n) is 8.76. The Hall–Kier alpha value is -1.37. The highest BCUT2D eigenvalue weighted by molar-refractivity contribution is 6.48. The molecule has 6 heteroatoms. The summed E-state index contributed by atoms with van der Waals surface area (Å²) in [6, 6.07) is 9.61. The minimum absolute atomic E-state index is 0.0609. The van der Waals surface area contributed by atoms with E-state index >= 15 is 0 Å². The molecule has 1 aromatic rings. The molecule has 1 amide bonds. The number of hydrogen-bond donors (Lipinski definition) is 2. The average molecular weight is 361 g/mol. The van der Waals surface area contributed by atoms with Crippen molar-refractivity contribution in [3.63, 3.8) is 0 Å². The highest BCUT2D eigenvalue weighted by Gasteiger charge is 2.54. The van der Waals surface area contributed by atoms with E-state index in [1.54, 1.807) is 0 Å². The monoisotopic (exact) mass is 361 g/mol. The molecule has 0 bridgehead atoms. The van der Waals surface area contributed by atoms with Crippen LogP contribution in [0.5, 0.6) is 0 Å². The molecule has 4 N–H and O–H groups in total. The van der Waals surface area contributed by atoms with Crippen LogP contribution in [0.25, 0.3) is 0 Å². The molecule has 0 radical (unpaired) electrons. The van der Waals surface area contributed by atoms with Crippen LogP contribution in [0.3, 0.4) is 0 Å². The van der Waals surface area contributed by atoms with Gasteiger partial charge < -0.3 is 20.4 Å². The maximum absolute atomic E-state index is 12.7. The fourth-order valence-electron chi connectivity index (χ4n) is 3.09. The van der Waals surface area contributed by atoms with Crippen molar-refractivity contribution in [2.45, 2.75) is 77.6 Å². The van der Waals surface area contributed by atoms with Crippen LogP contribution in [0.1, 0.15) is 53.5 Å². The van der Waals surface area contributed by atoms with E-state index in [-0.39, 0.29) is 17.9 Å². The van der Waals surface area contributed by atoms with Crippen molar-refractivity contribution < 1.29 is 19.8 Å². The Balaban J connectivity index is 2.04. The fraction of sp³-hybridized carbons (Fsp3) is 0.650. The Kier molecular flexibility index (Phi) is 6.53. The molecule has 0 spiro atoms. The van der Waals surface area contributed by atoms with Gasteiger partial charge in [0.15, 0.2) is 6.04 Å². The number of carbonyl (C=O) groups excluding carboxylic acids is 1. The van der Waals surface area contributed by atoms with Gasteiger partial charge in [0.05, 0.1) is 17.1 Å². The Morgan fingerprint density at radius 1 is 1.12 bits per heavy atom. The molecule has 1 saturated heterocycles. The summed E-state index contributed by atoms with van der Waals surface area (Å²) < 4.78 is 12.3. The maximum Gasteiger partial charge on any atom is 0.481 e. The van der Waals surface area contributed by atoms with Gasteiger partial charge in [0.25, 0.3) is 5.91 Å². The number of benzene rings is 1. The van der Waals surface area contributed by atoms with E-state index < -0.39 is 18.3 Å². The van der Waals surface area contributed by atoms with Gasteiger partial charge in [-0.05, 0) is 45.6 Å². The van der Waals surface area contributed by atoms with E-state index in [1.165, 1.54) is 0 Å². The van der Waals surface area contributed by atoms with Crippen LogP contribution in [0.15, 0.2) is 30.3 Å². The zero-order valence-corrected chi connectivity index (χ0v) is 17.0. The largest absolute Gasteiger partial charge is 0.481 e. The average Bonchev–Trinajstić information content (AvgIpc) is 2.75. The number of quaternary nitrogens is 1. The first-order valence-corrected chi connectivity index (χ1v) is 9.55. The number of hydrogen-bond acceptors (Lipinski definition) is 3. The van der Waals surface area contributed by atoms with Crippen LogP contribution in [-0.4, -0.2) is 36.2 Å². The van der Waals surface area contributed by atoms with Crippen molar-refractivity contribution >= 4 is 13.0 Å². The van der Waals surface area contributed by atoms with Gasteiger partial charge in [-0.1, -0.05) is 44.2 Å². The van der Waals surface area contributed by atoms with Gasteiger partial charge in [0.1, 0.15) is 0 Å². The predicted octanol–water partition coefficient (Wildman–Crippen LogP) is 2.00. The topological polar surface area (TPSA) is 75.2 Å². The van der Waals surface area contributed by atoms with E-state index in [2.05, 4.69) is 24.9 Å². The molecule has 2 rings (SSSR count). The lowest BCUT2D eigenvalue weighted by Crippen LogP contribution is -2.70. The van der Waals surface area contributed by atoms with Crippen LogP contribution in [-0.2, 0) is 20.5 Å². The Labute approximate surface area is 158 Å². The van der Waals surface area contributed by atoms with Gasteiger partial charge in [-0.15, -0.1) is 0 Å². The number of amides is 1. The lowest BCUT2D eigenvalue weighted by atomic mass is 9.74. The molecule has 1 aliphatic rings. The van der Waals surface area contributed by atoms with Gasteiger partial charge in [-0.25, -0.2) is 0 Å². The number of rotatable bonds is 7. The molecule has 0 unspecified atom stereocenters. The molecule has 1 aliphatic heterocycles. The van der Waals surface area contributed by atoms with E-state index in [9.17, 15) is 4.79 Å². The summed E-state index contributed by atoms with van der Waals surface area (Å²) in [7, 11) is -0.449. The highest BCUT2D eigenvalue weighted by Crippen LogP contribution is 2.38. The predicted molar refractivity (Wildman–Crippen MR) is 104 cm³/mol. The molecule has 0 aliphatic carbocycles. The molecule has 144 valence electrons. The number of nitrogens with one attached hydrogen (secondary N) is 1. The summed E-state index contributed by atoms with van der Waals surface area (Å²) in [6.45, 7) is 12.4.